The van der Waals surface area contributed by atoms with Gasteiger partial charge in [0, 0.05) is 13.8 Å². The van der Waals surface area contributed by atoms with Gasteiger partial charge in [-0.3, -0.25) is 9.59 Å². The number of hydrogen-bond donors (Lipinski definition) is 2. The monoisotopic (exact) mass is 668 g/mol. The molecule has 0 aliphatic rings. The average molecular weight is 665 g/mol. The second kappa shape index (κ2) is 19.7. The molecule has 0 saturated heterocycles. The van der Waals surface area contributed by atoms with Crippen LogP contribution in [0.2, 0.25) is 7.86 Å². The van der Waals surface area contributed by atoms with Crippen molar-refractivity contribution >= 4 is 11.9 Å². The van der Waals surface area contributed by atoms with Gasteiger partial charge < -0.3 is 10.2 Å². The first kappa shape index (κ1) is 25.7. The molecule has 2 atom stereocenters. The normalized spacial score (nSPS) is 12.2. The van der Waals surface area contributed by atoms with E-state index in [0.29, 0.717) is 12.2 Å². The van der Waals surface area contributed by atoms with Crippen molar-refractivity contribution < 1.29 is 81.5 Å². The summed E-state index contributed by atoms with van der Waals surface area (Å²) in [6, 6.07) is 0. The molecule has 0 heterocycles. The van der Waals surface area contributed by atoms with Crippen molar-refractivity contribution in [3.05, 3.63) is 0 Å². The molecule has 0 aromatic heterocycles. The Morgan fingerprint density at radius 2 is 1.10 bits per heavy atom. The van der Waals surface area contributed by atoms with Crippen LogP contribution in [-0.4, -0.2) is 47.6 Å². The first-order chi connectivity index (χ1) is 9.26. The third kappa shape index (κ3) is 27.1. The molecule has 0 saturated carbocycles. The summed E-state index contributed by atoms with van der Waals surface area (Å²) in [7, 11) is 0. The fourth-order valence-electron chi connectivity index (χ4n) is 1.18. The predicted octanol–water partition coefficient (Wildman–Crippen LogP) is 1.91. The summed E-state index contributed by atoms with van der Waals surface area (Å²) < 4.78 is 13.8. The van der Waals surface area contributed by atoms with Crippen LogP contribution in [0.3, 0.4) is 0 Å². The van der Waals surface area contributed by atoms with E-state index in [9.17, 15) is 0 Å². The van der Waals surface area contributed by atoms with Crippen LogP contribution in [0.5, 0.6) is 0 Å². The number of carboxylic acid groups (broad SMARTS) is 2. The average Bonchev–Trinajstić information content (AvgIpc) is 2.32. The van der Waals surface area contributed by atoms with Gasteiger partial charge in [-0.25, -0.2) is 0 Å². The Balaban J connectivity index is -0.000000297. The van der Waals surface area contributed by atoms with Gasteiger partial charge in [-0.05, 0) is 0 Å². The molecular formula is C12H24Hg2O6. The van der Waals surface area contributed by atoms with E-state index in [-0.39, 0.29) is 0 Å². The van der Waals surface area contributed by atoms with Crippen molar-refractivity contribution in [1.82, 2.24) is 0 Å². The summed E-state index contributed by atoms with van der Waals surface area (Å²) in [6.07, 6.45) is 0.826. The fraction of sp³-hybridized carbons (Fsp3) is 0.833. The van der Waals surface area contributed by atoms with Gasteiger partial charge in [-0.1, -0.05) is 0 Å². The van der Waals surface area contributed by atoms with Crippen molar-refractivity contribution in [3.8, 4) is 0 Å². The van der Waals surface area contributed by atoms with Crippen molar-refractivity contribution in [2.75, 3.05) is 13.2 Å². The summed E-state index contributed by atoms with van der Waals surface area (Å²) in [6.45, 7) is 7.96. The summed E-state index contributed by atoms with van der Waals surface area (Å²) in [5, 5.41) is 14.8. The van der Waals surface area contributed by atoms with E-state index in [1.165, 1.54) is 7.86 Å². The van der Waals surface area contributed by atoms with Gasteiger partial charge in [-0.2, -0.15) is 0 Å². The van der Waals surface area contributed by atoms with E-state index in [1.54, 1.807) is 0 Å². The standard InChI is InChI=1S/C8H16O2.2C2H4O2.2Hg/c1-5-9-7(3)8(4)10-6-2;2*1-2(3)4;;/h7-8H,3-6H2,1-2H3;2*1H3,(H,3,4);;/t7-,8+;;;;. The zero-order valence-electron chi connectivity index (χ0n) is 12.9. The molecule has 2 N–H and O–H groups in total. The Morgan fingerprint density at radius 1 is 0.900 bits per heavy atom. The molecule has 0 aromatic carbocycles. The van der Waals surface area contributed by atoms with E-state index >= 15 is 0 Å². The molecule has 0 aromatic rings. The first-order valence-electron chi connectivity index (χ1n) is 6.47. The quantitative estimate of drug-likeness (QED) is 0.404. The van der Waals surface area contributed by atoms with Crippen LogP contribution in [0.15, 0.2) is 0 Å². The van der Waals surface area contributed by atoms with Crippen LogP contribution in [-0.2, 0) is 71.3 Å². The van der Waals surface area contributed by atoms with Crippen molar-refractivity contribution in [2.24, 2.45) is 0 Å². The maximum atomic E-state index is 9.00. The molecule has 20 heavy (non-hydrogen) atoms. The van der Waals surface area contributed by atoms with Crippen molar-refractivity contribution in [1.29, 1.82) is 0 Å². The third-order valence-electron chi connectivity index (χ3n) is 1.75. The molecule has 6 nitrogen and oxygen atoms in total. The molecular weight excluding hydrogens is 641 g/mol. The van der Waals surface area contributed by atoms with Gasteiger partial charge in [0.1, 0.15) is 0 Å². The Hall–Kier alpha value is 0.730. The molecule has 0 rings (SSSR count). The fourth-order valence-corrected chi connectivity index (χ4v) is 5.37. The molecule has 0 unspecified atom stereocenters. The van der Waals surface area contributed by atoms with E-state index in [2.05, 4.69) is 13.8 Å². The molecule has 112 valence electrons. The van der Waals surface area contributed by atoms with Crippen LogP contribution >= 0.6 is 0 Å². The van der Waals surface area contributed by atoms with E-state index in [1.807, 2.05) is 0 Å². The number of rotatable bonds is 7. The Labute approximate surface area is 153 Å². The first-order valence-corrected chi connectivity index (χ1v) is 14.2. The number of hydrogen-bond acceptors (Lipinski definition) is 4. The minimum atomic E-state index is -0.833. The SMILES string of the molecule is CC(=O)O.CC(=O)O.CCO[C@@H]([CH2][Hg])[C@@H]([CH2][Hg])OCC. The second-order valence-corrected chi connectivity index (χ2v) is 8.09. The Kier molecular flexibility index (Phi) is 25.3. The van der Waals surface area contributed by atoms with E-state index in [4.69, 9.17) is 29.3 Å². The van der Waals surface area contributed by atoms with Crippen molar-refractivity contribution in [2.45, 2.75) is 47.8 Å². The van der Waals surface area contributed by atoms with E-state index < -0.39 is 11.9 Å². The molecule has 0 spiro atoms. The van der Waals surface area contributed by atoms with Gasteiger partial charge in [0.25, 0.3) is 11.9 Å². The van der Waals surface area contributed by atoms with Crippen LogP contribution in [0.4, 0.5) is 0 Å². The maximum absolute atomic E-state index is 9.00. The topological polar surface area (TPSA) is 93.1 Å². The molecule has 8 heteroatoms. The Morgan fingerprint density at radius 3 is 1.20 bits per heavy atom. The number of carbonyl (C=O) groups is 2. The minimum absolute atomic E-state index is 0.413. The second-order valence-electron chi connectivity index (χ2n) is 3.60. The van der Waals surface area contributed by atoms with Crippen molar-refractivity contribution in [3.63, 3.8) is 0 Å². The van der Waals surface area contributed by atoms with Crippen LogP contribution in [0, 0.1) is 0 Å². The summed E-state index contributed by atoms with van der Waals surface area (Å²) >= 11 is 1.67. The molecule has 0 aliphatic heterocycles. The molecule has 0 bridgehead atoms. The molecule has 0 fully saturated rings. The van der Waals surface area contributed by atoms with E-state index in [0.717, 1.165) is 79.3 Å². The van der Waals surface area contributed by atoms with Gasteiger partial charge in [0.05, 0.1) is 0 Å². The molecule has 0 radical (unpaired) electrons. The van der Waals surface area contributed by atoms with Gasteiger partial charge in [0.15, 0.2) is 0 Å². The van der Waals surface area contributed by atoms with Crippen LogP contribution < -0.4 is 0 Å². The zero-order valence-corrected chi connectivity index (χ0v) is 23.9. The predicted molar refractivity (Wildman–Crippen MR) is 67.1 cm³/mol. The Bertz CT molecular complexity index is 206. The van der Waals surface area contributed by atoms with Gasteiger partial charge in [0.2, 0.25) is 0 Å². The molecule has 0 aliphatic carbocycles. The summed E-state index contributed by atoms with van der Waals surface area (Å²) in [5.41, 5.74) is 0. The van der Waals surface area contributed by atoms with Crippen LogP contribution in [0.1, 0.15) is 27.7 Å². The summed E-state index contributed by atoms with van der Waals surface area (Å²) in [4.78, 5) is 18.0. The molecule has 0 amide bonds. The summed E-state index contributed by atoms with van der Waals surface area (Å²) in [5.74, 6) is -1.67. The number of carboxylic acids is 2. The van der Waals surface area contributed by atoms with Gasteiger partial charge in [-0.15, -0.1) is 0 Å². The number of aliphatic carboxylic acids is 2. The third-order valence-corrected chi connectivity index (χ3v) is 6.17. The van der Waals surface area contributed by atoms with Crippen LogP contribution in [0.25, 0.3) is 0 Å². The number of ether oxygens (including phenoxy) is 2. The zero-order chi connectivity index (χ0) is 16.6. The van der Waals surface area contributed by atoms with Gasteiger partial charge >= 0.3 is 109 Å².